The Labute approximate surface area is 229 Å². The van der Waals surface area contributed by atoms with Crippen LogP contribution < -0.4 is 15.2 Å². The molecule has 1 fully saturated rings. The third-order valence-corrected chi connectivity index (χ3v) is 7.32. The fraction of sp³-hybridized carbons (Fsp3) is 0.241. The molecule has 6 rings (SSSR count). The Balaban J connectivity index is 1.37. The van der Waals surface area contributed by atoms with E-state index in [1.165, 1.54) is 12.1 Å². The first-order valence-electron chi connectivity index (χ1n) is 13.0. The number of hydrogen-bond acceptors (Lipinski definition) is 8. The van der Waals surface area contributed by atoms with Gasteiger partial charge in [-0.15, -0.1) is 5.10 Å². The van der Waals surface area contributed by atoms with Gasteiger partial charge in [-0.05, 0) is 76.0 Å². The van der Waals surface area contributed by atoms with Gasteiger partial charge >= 0.3 is 0 Å². The molecule has 2 N–H and O–H groups in total. The molecule has 0 amide bonds. The molecule has 0 spiro atoms. The van der Waals surface area contributed by atoms with E-state index in [0.29, 0.717) is 55.4 Å². The molecule has 0 unspecified atom stereocenters. The number of nitrogens with one attached hydrogen (secondary N) is 1. The minimum Gasteiger partial charge on any atom is -0.508 e. The zero-order valence-corrected chi connectivity index (χ0v) is 21.9. The van der Waals surface area contributed by atoms with Gasteiger partial charge in [-0.3, -0.25) is 9.69 Å². The summed E-state index contributed by atoms with van der Waals surface area (Å²) < 4.78 is 20.5. The molecular formula is C29H28FN7O3. The number of rotatable bonds is 7. The van der Waals surface area contributed by atoms with Crippen molar-refractivity contribution in [3.8, 4) is 11.5 Å². The number of anilines is 1. The van der Waals surface area contributed by atoms with Crippen LogP contribution in [-0.4, -0.2) is 68.5 Å². The summed E-state index contributed by atoms with van der Waals surface area (Å²) in [6.45, 7) is 3.05. The van der Waals surface area contributed by atoms with Gasteiger partial charge < -0.3 is 19.7 Å². The van der Waals surface area contributed by atoms with Crippen molar-refractivity contribution in [3.63, 3.8) is 0 Å². The second-order valence-electron chi connectivity index (χ2n) is 9.77. The van der Waals surface area contributed by atoms with Crippen LogP contribution in [0.3, 0.4) is 0 Å². The lowest BCUT2D eigenvalue weighted by atomic mass is 10.0. The molecule has 1 saturated heterocycles. The predicted molar refractivity (Wildman–Crippen MR) is 148 cm³/mol. The molecule has 40 heavy (non-hydrogen) atoms. The molecule has 0 aliphatic carbocycles. The molecule has 2 aromatic heterocycles. The number of fused-ring (bicyclic) bond motifs is 1. The van der Waals surface area contributed by atoms with E-state index < -0.39 is 6.04 Å². The Bertz CT molecular complexity index is 1680. The monoisotopic (exact) mass is 541 g/mol. The zero-order valence-electron chi connectivity index (χ0n) is 21.9. The lowest BCUT2D eigenvalue weighted by Gasteiger charge is -2.39. The van der Waals surface area contributed by atoms with E-state index in [-0.39, 0.29) is 17.1 Å². The van der Waals surface area contributed by atoms with Gasteiger partial charge in [-0.1, -0.05) is 12.1 Å². The van der Waals surface area contributed by atoms with E-state index in [9.17, 15) is 14.3 Å². The van der Waals surface area contributed by atoms with E-state index in [1.807, 2.05) is 30.3 Å². The highest BCUT2D eigenvalue weighted by atomic mass is 19.1. The Kier molecular flexibility index (Phi) is 6.87. The van der Waals surface area contributed by atoms with Crippen molar-refractivity contribution in [2.24, 2.45) is 0 Å². The van der Waals surface area contributed by atoms with Crippen LogP contribution in [0, 0.1) is 5.82 Å². The van der Waals surface area contributed by atoms with E-state index in [0.717, 1.165) is 16.6 Å². The van der Waals surface area contributed by atoms with Crippen molar-refractivity contribution in [2.45, 2.75) is 12.6 Å². The summed E-state index contributed by atoms with van der Waals surface area (Å²) in [5.74, 6) is 1.09. The van der Waals surface area contributed by atoms with Crippen LogP contribution in [0.1, 0.15) is 23.0 Å². The molecule has 0 radical (unpaired) electrons. The van der Waals surface area contributed by atoms with Gasteiger partial charge in [-0.2, -0.15) is 0 Å². The van der Waals surface area contributed by atoms with Crippen LogP contribution >= 0.6 is 0 Å². The van der Waals surface area contributed by atoms with E-state index >= 15 is 0 Å². The van der Waals surface area contributed by atoms with Gasteiger partial charge in [0.05, 0.1) is 19.2 Å². The third kappa shape index (κ3) is 5.10. The molecule has 10 nitrogen and oxygen atoms in total. The largest absolute Gasteiger partial charge is 0.508 e. The van der Waals surface area contributed by atoms with Crippen LogP contribution in [0.2, 0.25) is 0 Å². The first-order chi connectivity index (χ1) is 19.5. The number of pyridine rings is 1. The van der Waals surface area contributed by atoms with Gasteiger partial charge in [-0.25, -0.2) is 9.07 Å². The van der Waals surface area contributed by atoms with Crippen molar-refractivity contribution in [2.75, 3.05) is 38.2 Å². The summed E-state index contributed by atoms with van der Waals surface area (Å²) in [5, 5.41) is 23.1. The molecule has 11 heteroatoms. The van der Waals surface area contributed by atoms with Crippen LogP contribution in [0.15, 0.2) is 77.6 Å². The average Bonchev–Trinajstić information content (AvgIpc) is 3.42. The zero-order chi connectivity index (χ0) is 27.6. The lowest BCUT2D eigenvalue weighted by Crippen LogP contribution is -2.49. The van der Waals surface area contributed by atoms with Crippen molar-refractivity contribution in [1.82, 2.24) is 30.1 Å². The number of tetrazole rings is 1. The van der Waals surface area contributed by atoms with Crippen LogP contribution in [0.4, 0.5) is 10.1 Å². The first kappa shape index (κ1) is 25.5. The Hall–Kier alpha value is -4.77. The number of aromatic hydroxyl groups is 1. The molecule has 1 atom stereocenters. The van der Waals surface area contributed by atoms with E-state index in [4.69, 9.17) is 4.74 Å². The van der Waals surface area contributed by atoms with Gasteiger partial charge in [0.1, 0.15) is 23.4 Å². The number of methoxy groups -OCH3 is 1. The van der Waals surface area contributed by atoms with Crippen LogP contribution in [0.5, 0.6) is 11.5 Å². The van der Waals surface area contributed by atoms with Gasteiger partial charge in [0.2, 0.25) is 0 Å². The van der Waals surface area contributed by atoms with E-state index in [2.05, 4.69) is 30.3 Å². The summed E-state index contributed by atoms with van der Waals surface area (Å²) in [5.41, 5.74) is 2.84. The highest BCUT2D eigenvalue weighted by Gasteiger charge is 2.33. The Morgan fingerprint density at radius 1 is 1.00 bits per heavy atom. The van der Waals surface area contributed by atoms with Gasteiger partial charge in [0, 0.05) is 43.5 Å². The minimum absolute atomic E-state index is 0.226. The summed E-state index contributed by atoms with van der Waals surface area (Å²) in [6.07, 6.45) is 0. The summed E-state index contributed by atoms with van der Waals surface area (Å²) in [6, 6.07) is 20.3. The normalized spacial score (nSPS) is 14.9. The fourth-order valence-electron chi connectivity index (χ4n) is 5.21. The number of nitrogens with zero attached hydrogens (tertiary/aromatic N) is 6. The lowest BCUT2D eigenvalue weighted by molar-refractivity contribution is 0.200. The number of phenolic OH excluding ortho intramolecular Hbond substituents is 1. The van der Waals surface area contributed by atoms with Gasteiger partial charge in [0.25, 0.3) is 5.56 Å². The second-order valence-corrected chi connectivity index (χ2v) is 9.77. The molecular weight excluding hydrogens is 513 g/mol. The minimum atomic E-state index is -0.521. The average molecular weight is 542 g/mol. The summed E-state index contributed by atoms with van der Waals surface area (Å²) in [4.78, 5) is 21.0. The maximum absolute atomic E-state index is 13.6. The molecule has 1 aliphatic rings. The van der Waals surface area contributed by atoms with Crippen molar-refractivity contribution in [1.29, 1.82) is 0 Å². The standard InChI is InChI=1S/C29H28FN7O3/c1-40-24-11-4-20-16-25(29(39)31-26(20)17-24)27(28-32-33-34-37(28)18-19-2-5-21(30)6-3-19)36-14-12-35(13-15-36)22-7-9-23(38)10-8-22/h2-11,16-17,27,38H,12-15,18H2,1H3,(H,31,39)/t27-/m1/s1. The number of H-pyrrole nitrogens is 1. The number of phenols is 1. The SMILES string of the molecule is COc1ccc2cc([C@H](c3nnnn3Cc3ccc(F)cc3)N3CCN(c4ccc(O)cc4)CC3)c(=O)[nH]c2c1. The molecule has 1 aliphatic heterocycles. The number of ether oxygens (including phenoxy) is 1. The fourth-order valence-corrected chi connectivity index (χ4v) is 5.21. The maximum atomic E-state index is 13.6. The molecule has 3 heterocycles. The number of aromatic amines is 1. The molecule has 0 saturated carbocycles. The number of hydrogen-bond donors (Lipinski definition) is 2. The highest BCUT2D eigenvalue weighted by Crippen LogP contribution is 2.30. The molecule has 3 aromatic carbocycles. The topological polar surface area (TPSA) is 112 Å². The smallest absolute Gasteiger partial charge is 0.253 e. The quantitative estimate of drug-likeness (QED) is 0.323. The Morgan fingerprint density at radius 3 is 2.48 bits per heavy atom. The van der Waals surface area contributed by atoms with Crippen molar-refractivity contribution in [3.05, 3.63) is 106 Å². The first-order valence-corrected chi connectivity index (χ1v) is 13.0. The van der Waals surface area contributed by atoms with Crippen molar-refractivity contribution < 1.29 is 14.2 Å². The second kappa shape index (κ2) is 10.8. The number of aromatic nitrogens is 5. The van der Waals surface area contributed by atoms with Gasteiger partial charge in [0.15, 0.2) is 5.82 Å². The number of benzene rings is 3. The Morgan fingerprint density at radius 2 is 1.75 bits per heavy atom. The van der Waals surface area contributed by atoms with Crippen LogP contribution in [0.25, 0.3) is 10.9 Å². The number of piperazine rings is 1. The third-order valence-electron chi connectivity index (χ3n) is 7.32. The maximum Gasteiger partial charge on any atom is 0.253 e. The number of halogens is 1. The van der Waals surface area contributed by atoms with Crippen LogP contribution in [-0.2, 0) is 6.54 Å². The summed E-state index contributed by atoms with van der Waals surface area (Å²) >= 11 is 0. The predicted octanol–water partition coefficient (Wildman–Crippen LogP) is 3.33. The molecule has 5 aromatic rings. The molecule has 204 valence electrons. The highest BCUT2D eigenvalue weighted by molar-refractivity contribution is 5.80. The summed E-state index contributed by atoms with van der Waals surface area (Å²) in [7, 11) is 1.59. The molecule has 0 bridgehead atoms. The van der Waals surface area contributed by atoms with E-state index in [1.54, 1.807) is 42.1 Å². The van der Waals surface area contributed by atoms with Crippen molar-refractivity contribution >= 4 is 16.6 Å².